The van der Waals surface area contributed by atoms with Crippen LogP contribution in [0.25, 0.3) is 10.9 Å². The Morgan fingerprint density at radius 1 is 1.35 bits per heavy atom. The van der Waals surface area contributed by atoms with E-state index in [1.807, 2.05) is 0 Å². The molecule has 1 heterocycles. The van der Waals surface area contributed by atoms with E-state index in [9.17, 15) is 0 Å². The first-order valence-corrected chi connectivity index (χ1v) is 6.68. The molecule has 2 heteroatoms. The van der Waals surface area contributed by atoms with Crippen LogP contribution in [0, 0.1) is 0 Å². The summed E-state index contributed by atoms with van der Waals surface area (Å²) in [6.07, 6.45) is 4.72. The zero-order chi connectivity index (χ0) is 11.8. The van der Waals surface area contributed by atoms with E-state index in [0.717, 1.165) is 19.4 Å². The highest BCUT2D eigenvalue weighted by Gasteiger charge is 2.24. The molecule has 2 nitrogen and oxygen atoms in total. The lowest BCUT2D eigenvalue weighted by molar-refractivity contribution is 0.521. The SMILES string of the molecule is CCCn1c2c(c3ccccc31)CCCC2N. The van der Waals surface area contributed by atoms with Gasteiger partial charge in [0.05, 0.1) is 0 Å². The van der Waals surface area contributed by atoms with Crippen molar-refractivity contribution in [3.8, 4) is 0 Å². The molecule has 0 saturated heterocycles. The summed E-state index contributed by atoms with van der Waals surface area (Å²) in [5.41, 5.74) is 10.6. The molecule has 0 bridgehead atoms. The van der Waals surface area contributed by atoms with Crippen LogP contribution >= 0.6 is 0 Å². The van der Waals surface area contributed by atoms with Gasteiger partial charge in [-0.3, -0.25) is 0 Å². The summed E-state index contributed by atoms with van der Waals surface area (Å²) in [6.45, 7) is 3.32. The Bertz CT molecular complexity index is 539. The van der Waals surface area contributed by atoms with Gasteiger partial charge in [-0.1, -0.05) is 25.1 Å². The fourth-order valence-electron chi connectivity index (χ4n) is 3.18. The van der Waals surface area contributed by atoms with Crippen LogP contribution < -0.4 is 5.73 Å². The molecule has 1 atom stereocenters. The summed E-state index contributed by atoms with van der Waals surface area (Å²) in [6, 6.07) is 8.98. The van der Waals surface area contributed by atoms with Crippen LogP contribution in [-0.4, -0.2) is 4.57 Å². The molecule has 1 unspecified atom stereocenters. The third-order valence-electron chi connectivity index (χ3n) is 3.86. The van der Waals surface area contributed by atoms with Gasteiger partial charge >= 0.3 is 0 Å². The van der Waals surface area contributed by atoms with E-state index in [1.54, 1.807) is 0 Å². The van der Waals surface area contributed by atoms with Gasteiger partial charge < -0.3 is 10.3 Å². The summed E-state index contributed by atoms with van der Waals surface area (Å²) < 4.78 is 2.45. The zero-order valence-corrected chi connectivity index (χ0v) is 10.4. The number of nitrogens with two attached hydrogens (primary N) is 1. The lowest BCUT2D eigenvalue weighted by atomic mass is 9.92. The number of benzene rings is 1. The Kier molecular flexibility index (Phi) is 2.67. The molecule has 90 valence electrons. The molecular weight excluding hydrogens is 208 g/mol. The minimum absolute atomic E-state index is 0.234. The molecular formula is C15H20N2. The van der Waals surface area contributed by atoms with E-state index in [-0.39, 0.29) is 6.04 Å². The van der Waals surface area contributed by atoms with Gasteiger partial charge in [0.1, 0.15) is 0 Å². The third-order valence-corrected chi connectivity index (χ3v) is 3.86. The number of aryl methyl sites for hydroxylation is 2. The highest BCUT2D eigenvalue weighted by atomic mass is 15.0. The standard InChI is InChI=1S/C15H20N2/c1-2-10-17-14-9-4-3-6-11(14)12-7-5-8-13(16)15(12)17/h3-4,6,9,13H,2,5,7-8,10,16H2,1H3. The normalized spacial score (nSPS) is 19.5. The quantitative estimate of drug-likeness (QED) is 0.839. The maximum absolute atomic E-state index is 6.32. The minimum atomic E-state index is 0.234. The van der Waals surface area contributed by atoms with E-state index in [2.05, 4.69) is 35.8 Å². The smallest absolute Gasteiger partial charge is 0.0485 e. The minimum Gasteiger partial charge on any atom is -0.343 e. The van der Waals surface area contributed by atoms with Gasteiger partial charge in [-0.15, -0.1) is 0 Å². The Labute approximate surface area is 102 Å². The van der Waals surface area contributed by atoms with Crippen molar-refractivity contribution in [2.75, 3.05) is 0 Å². The van der Waals surface area contributed by atoms with Gasteiger partial charge in [0.15, 0.2) is 0 Å². The van der Waals surface area contributed by atoms with E-state index in [0.29, 0.717) is 0 Å². The Morgan fingerprint density at radius 2 is 2.18 bits per heavy atom. The first-order chi connectivity index (χ1) is 8.33. The van der Waals surface area contributed by atoms with Crippen LogP contribution in [0.5, 0.6) is 0 Å². The highest BCUT2D eigenvalue weighted by Crippen LogP contribution is 2.36. The molecule has 0 aliphatic heterocycles. The van der Waals surface area contributed by atoms with E-state index in [1.165, 1.54) is 35.0 Å². The maximum Gasteiger partial charge on any atom is 0.0485 e. The average Bonchev–Trinajstić information content (AvgIpc) is 2.67. The van der Waals surface area contributed by atoms with Crippen LogP contribution in [0.3, 0.4) is 0 Å². The Morgan fingerprint density at radius 3 is 3.00 bits per heavy atom. The van der Waals surface area contributed by atoms with E-state index < -0.39 is 0 Å². The van der Waals surface area contributed by atoms with Crippen molar-refractivity contribution in [2.24, 2.45) is 5.73 Å². The van der Waals surface area contributed by atoms with E-state index >= 15 is 0 Å². The van der Waals surface area contributed by atoms with Gasteiger partial charge in [-0.05, 0) is 37.3 Å². The van der Waals surface area contributed by atoms with Crippen LogP contribution in [0.1, 0.15) is 43.5 Å². The summed E-state index contributed by atoms with van der Waals surface area (Å²) in [7, 11) is 0. The molecule has 0 radical (unpaired) electrons. The monoisotopic (exact) mass is 228 g/mol. The number of hydrogen-bond donors (Lipinski definition) is 1. The van der Waals surface area contributed by atoms with Crippen molar-refractivity contribution < 1.29 is 0 Å². The lowest BCUT2D eigenvalue weighted by Gasteiger charge is -2.22. The van der Waals surface area contributed by atoms with Crippen molar-refractivity contribution in [3.63, 3.8) is 0 Å². The van der Waals surface area contributed by atoms with Crippen LogP contribution in [0.15, 0.2) is 24.3 Å². The lowest BCUT2D eigenvalue weighted by Crippen LogP contribution is -2.20. The van der Waals surface area contributed by atoms with Gasteiger partial charge in [0, 0.05) is 29.2 Å². The van der Waals surface area contributed by atoms with Crippen molar-refractivity contribution in [2.45, 2.75) is 45.2 Å². The van der Waals surface area contributed by atoms with Gasteiger partial charge in [0.2, 0.25) is 0 Å². The zero-order valence-electron chi connectivity index (χ0n) is 10.4. The van der Waals surface area contributed by atoms with Crippen molar-refractivity contribution in [3.05, 3.63) is 35.5 Å². The van der Waals surface area contributed by atoms with Crippen molar-refractivity contribution >= 4 is 10.9 Å². The first kappa shape index (κ1) is 10.8. The molecule has 3 rings (SSSR count). The van der Waals surface area contributed by atoms with Crippen LogP contribution in [-0.2, 0) is 13.0 Å². The topological polar surface area (TPSA) is 30.9 Å². The largest absolute Gasteiger partial charge is 0.343 e. The van der Waals surface area contributed by atoms with E-state index in [4.69, 9.17) is 5.73 Å². The van der Waals surface area contributed by atoms with Crippen LogP contribution in [0.2, 0.25) is 0 Å². The molecule has 0 fully saturated rings. The molecule has 1 aromatic heterocycles. The molecule has 2 N–H and O–H groups in total. The van der Waals surface area contributed by atoms with Gasteiger partial charge in [-0.2, -0.15) is 0 Å². The summed E-state index contributed by atoms with van der Waals surface area (Å²) >= 11 is 0. The molecule has 0 saturated carbocycles. The number of aromatic nitrogens is 1. The molecule has 0 spiro atoms. The summed E-state index contributed by atoms with van der Waals surface area (Å²) in [5, 5.41) is 1.42. The predicted molar refractivity (Wildman–Crippen MR) is 72.1 cm³/mol. The summed E-state index contributed by atoms with van der Waals surface area (Å²) in [4.78, 5) is 0. The predicted octanol–water partition coefficient (Wildman–Crippen LogP) is 3.39. The number of nitrogens with zero attached hydrogens (tertiary/aromatic N) is 1. The number of fused-ring (bicyclic) bond motifs is 3. The van der Waals surface area contributed by atoms with Crippen molar-refractivity contribution in [1.29, 1.82) is 0 Å². The second-order valence-electron chi connectivity index (χ2n) is 5.03. The average molecular weight is 228 g/mol. The third kappa shape index (κ3) is 1.59. The molecule has 1 aliphatic carbocycles. The molecule has 1 aromatic carbocycles. The second kappa shape index (κ2) is 4.19. The molecule has 17 heavy (non-hydrogen) atoms. The Balaban J connectivity index is 2.31. The van der Waals surface area contributed by atoms with Gasteiger partial charge in [0.25, 0.3) is 0 Å². The number of para-hydroxylation sites is 1. The number of hydrogen-bond acceptors (Lipinski definition) is 1. The molecule has 0 amide bonds. The maximum atomic E-state index is 6.32. The molecule has 1 aliphatic rings. The van der Waals surface area contributed by atoms with Crippen molar-refractivity contribution in [1.82, 2.24) is 4.57 Å². The fraction of sp³-hybridized carbons (Fsp3) is 0.467. The van der Waals surface area contributed by atoms with Gasteiger partial charge in [-0.25, -0.2) is 0 Å². The highest BCUT2D eigenvalue weighted by molar-refractivity contribution is 5.86. The fourth-order valence-corrected chi connectivity index (χ4v) is 3.18. The van der Waals surface area contributed by atoms with Crippen LogP contribution in [0.4, 0.5) is 0 Å². The summed E-state index contributed by atoms with van der Waals surface area (Å²) in [5.74, 6) is 0. The Hall–Kier alpha value is -1.28. The molecule has 2 aromatic rings. The number of rotatable bonds is 2. The first-order valence-electron chi connectivity index (χ1n) is 6.68. The second-order valence-corrected chi connectivity index (χ2v) is 5.03.